The van der Waals surface area contributed by atoms with Crippen LogP contribution in [0.5, 0.6) is 0 Å². The highest BCUT2D eigenvalue weighted by Gasteiger charge is 2.78. The van der Waals surface area contributed by atoms with Gasteiger partial charge in [0.15, 0.2) is 5.41 Å². The predicted molar refractivity (Wildman–Crippen MR) is 95.9 cm³/mol. The van der Waals surface area contributed by atoms with Gasteiger partial charge in [0, 0.05) is 11.8 Å². The lowest BCUT2D eigenvalue weighted by Gasteiger charge is -2.48. The van der Waals surface area contributed by atoms with Crippen LogP contribution in [0.25, 0.3) is 0 Å². The minimum Gasteiger partial charge on any atom is -0.469 e. The predicted octanol–water partition coefficient (Wildman–Crippen LogP) is 0.324. The summed E-state index contributed by atoms with van der Waals surface area (Å²) in [6.45, 7) is 0. The number of hydrogen-bond donors (Lipinski definition) is 1. The van der Waals surface area contributed by atoms with E-state index in [9.17, 15) is 24.3 Å². The largest absolute Gasteiger partial charge is 0.469 e. The van der Waals surface area contributed by atoms with Crippen LogP contribution in [0.4, 0.5) is 0 Å². The van der Waals surface area contributed by atoms with Crippen molar-refractivity contribution in [2.45, 2.75) is 31.8 Å². The smallest absolute Gasteiger partial charge is 0.323 e. The Kier molecular flexibility index (Phi) is 5.89. The Bertz CT molecular complexity index is 644. The molecule has 3 aliphatic rings. The number of fused-ring (bicyclic) bond motifs is 5. The fourth-order valence-corrected chi connectivity index (χ4v) is 6.53. The van der Waals surface area contributed by atoms with Gasteiger partial charge in [0.2, 0.25) is 0 Å². The highest BCUT2D eigenvalue weighted by molar-refractivity contribution is 6.03. The van der Waals surface area contributed by atoms with Gasteiger partial charge in [-0.1, -0.05) is 12.8 Å². The molecule has 1 unspecified atom stereocenters. The van der Waals surface area contributed by atoms with Gasteiger partial charge in [0.1, 0.15) is 0 Å². The van der Waals surface area contributed by atoms with Crippen molar-refractivity contribution in [3.63, 3.8) is 0 Å². The van der Waals surface area contributed by atoms with Crippen LogP contribution in [-0.2, 0) is 38.1 Å². The van der Waals surface area contributed by atoms with Gasteiger partial charge in [0.05, 0.1) is 46.4 Å². The van der Waals surface area contributed by atoms with E-state index in [4.69, 9.17) is 18.9 Å². The van der Waals surface area contributed by atoms with Crippen LogP contribution < -0.4 is 0 Å². The van der Waals surface area contributed by atoms with Crippen LogP contribution in [0.15, 0.2) is 0 Å². The maximum absolute atomic E-state index is 13.2. The van der Waals surface area contributed by atoms with Crippen molar-refractivity contribution < 1.29 is 43.2 Å². The van der Waals surface area contributed by atoms with Crippen LogP contribution in [0.2, 0.25) is 0 Å². The van der Waals surface area contributed by atoms with Crippen LogP contribution in [-0.4, -0.2) is 63.5 Å². The summed E-state index contributed by atoms with van der Waals surface area (Å²) in [5.74, 6) is -8.04. The molecule has 162 valence electrons. The molecule has 0 aliphatic heterocycles. The Hall–Kier alpha value is -2.16. The Morgan fingerprint density at radius 3 is 1.41 bits per heavy atom. The molecule has 9 nitrogen and oxygen atoms in total. The third-order valence-corrected chi connectivity index (χ3v) is 7.35. The third kappa shape index (κ3) is 2.77. The number of hydrogen-bond acceptors (Lipinski definition) is 9. The van der Waals surface area contributed by atoms with E-state index in [0.717, 1.165) is 27.1 Å². The summed E-state index contributed by atoms with van der Waals surface area (Å²) in [5, 5.41) is 11.1. The Balaban J connectivity index is 2.34. The number of carbonyl (C=O) groups is 4. The minimum atomic E-state index is -1.89. The highest BCUT2D eigenvalue weighted by atomic mass is 16.6. The van der Waals surface area contributed by atoms with Gasteiger partial charge >= 0.3 is 23.9 Å². The molecule has 0 aromatic heterocycles. The fraction of sp³-hybridized carbons (Fsp3) is 0.800. The summed E-state index contributed by atoms with van der Waals surface area (Å²) >= 11 is 0. The van der Waals surface area contributed by atoms with Gasteiger partial charge in [-0.15, -0.1) is 0 Å². The summed E-state index contributed by atoms with van der Waals surface area (Å²) in [6.07, 6.45) is 1.59. The number of rotatable bonds is 4. The zero-order chi connectivity index (χ0) is 21.5. The molecule has 0 spiro atoms. The fourth-order valence-electron chi connectivity index (χ4n) is 6.53. The SMILES string of the molecule is COC(=O)[C@@H]1C(O)[C@H](C(=O)OC)[C@H]2[C@@H]3CCCC[C@@H]3[C@H]1C2(C(=O)OC)C(=O)OC. The molecule has 2 bridgehead atoms. The van der Waals surface area contributed by atoms with Crippen molar-refractivity contribution in [2.24, 2.45) is 40.9 Å². The van der Waals surface area contributed by atoms with E-state index in [1.54, 1.807) is 0 Å². The first-order valence-corrected chi connectivity index (χ1v) is 9.83. The monoisotopic (exact) mass is 412 g/mol. The molecule has 9 heteroatoms. The molecule has 0 aromatic carbocycles. The molecule has 3 rings (SSSR count). The van der Waals surface area contributed by atoms with E-state index in [-0.39, 0.29) is 11.8 Å². The molecule has 29 heavy (non-hydrogen) atoms. The first kappa shape index (κ1) is 21.5. The normalized spacial score (nSPS) is 37.1. The van der Waals surface area contributed by atoms with E-state index < -0.39 is 59.1 Å². The summed E-state index contributed by atoms with van der Waals surface area (Å²) in [7, 11) is 4.64. The second-order valence-electron chi connectivity index (χ2n) is 8.10. The van der Waals surface area contributed by atoms with Gasteiger partial charge in [-0.3, -0.25) is 19.2 Å². The van der Waals surface area contributed by atoms with Crippen LogP contribution >= 0.6 is 0 Å². The number of aliphatic hydroxyl groups excluding tert-OH is 1. The Morgan fingerprint density at radius 2 is 1.10 bits per heavy atom. The average molecular weight is 412 g/mol. The third-order valence-electron chi connectivity index (χ3n) is 7.35. The lowest BCUT2D eigenvalue weighted by atomic mass is 9.54. The summed E-state index contributed by atoms with van der Waals surface area (Å²) in [6, 6.07) is 0. The van der Waals surface area contributed by atoms with Gasteiger partial charge in [-0.2, -0.15) is 0 Å². The van der Waals surface area contributed by atoms with E-state index in [1.807, 2.05) is 0 Å². The molecule has 1 N–H and O–H groups in total. The molecule has 0 saturated heterocycles. The Morgan fingerprint density at radius 1 is 0.724 bits per heavy atom. The number of esters is 4. The molecular formula is C20H28O9. The molecule has 3 aliphatic carbocycles. The maximum atomic E-state index is 13.2. The molecule has 7 atom stereocenters. The van der Waals surface area contributed by atoms with Crippen molar-refractivity contribution in [1.29, 1.82) is 0 Å². The zero-order valence-corrected chi connectivity index (χ0v) is 17.1. The molecule has 0 aromatic rings. The summed E-state index contributed by atoms with van der Waals surface area (Å²) in [5.41, 5.74) is -1.89. The second kappa shape index (κ2) is 7.93. The van der Waals surface area contributed by atoms with E-state index in [2.05, 4.69) is 0 Å². The highest BCUT2D eigenvalue weighted by Crippen LogP contribution is 2.68. The van der Waals surface area contributed by atoms with Crippen molar-refractivity contribution >= 4 is 23.9 Å². The maximum Gasteiger partial charge on any atom is 0.323 e. The molecule has 0 radical (unpaired) electrons. The number of aliphatic hydroxyl groups is 1. The Labute approximate surface area is 169 Å². The zero-order valence-electron chi connectivity index (χ0n) is 17.1. The molecule has 3 fully saturated rings. The molecule has 0 heterocycles. The van der Waals surface area contributed by atoms with Crippen molar-refractivity contribution in [2.75, 3.05) is 28.4 Å². The van der Waals surface area contributed by atoms with Crippen molar-refractivity contribution in [3.05, 3.63) is 0 Å². The van der Waals surface area contributed by atoms with Gasteiger partial charge < -0.3 is 24.1 Å². The van der Waals surface area contributed by atoms with Crippen molar-refractivity contribution in [1.82, 2.24) is 0 Å². The van der Waals surface area contributed by atoms with Gasteiger partial charge in [0.25, 0.3) is 0 Å². The summed E-state index contributed by atoms with van der Waals surface area (Å²) < 4.78 is 19.9. The van der Waals surface area contributed by atoms with Gasteiger partial charge in [-0.25, -0.2) is 0 Å². The van der Waals surface area contributed by atoms with E-state index in [0.29, 0.717) is 12.8 Å². The molecular weight excluding hydrogens is 384 g/mol. The average Bonchev–Trinajstić information content (AvgIpc) is 2.98. The van der Waals surface area contributed by atoms with Crippen LogP contribution in [0, 0.1) is 40.9 Å². The quantitative estimate of drug-likeness (QED) is 0.395. The number of ether oxygens (including phenoxy) is 4. The lowest BCUT2D eigenvalue weighted by molar-refractivity contribution is -0.201. The standard InChI is InChI=1S/C20H28O9/c1-26-16(22)11-13-9-7-5-6-8-10(9)14(12(15(11)21)17(23)27-2)20(13,18(24)28-3)19(25)29-4/h9-15,21H,5-8H2,1-4H3/t9-,10+,11-,12+,13-,14-,15?/m1/s1. The molecule has 0 amide bonds. The number of carbonyl (C=O) groups excluding carboxylic acids is 4. The first-order chi connectivity index (χ1) is 13.8. The minimum absolute atomic E-state index is 0.236. The lowest BCUT2D eigenvalue weighted by Crippen LogP contribution is -2.63. The van der Waals surface area contributed by atoms with Crippen LogP contribution in [0.1, 0.15) is 25.7 Å². The summed E-state index contributed by atoms with van der Waals surface area (Å²) in [4.78, 5) is 51.9. The van der Waals surface area contributed by atoms with E-state index in [1.165, 1.54) is 14.2 Å². The van der Waals surface area contributed by atoms with Crippen LogP contribution in [0.3, 0.4) is 0 Å². The van der Waals surface area contributed by atoms with E-state index >= 15 is 0 Å². The van der Waals surface area contributed by atoms with Gasteiger partial charge in [-0.05, 0) is 24.7 Å². The molecule has 3 saturated carbocycles. The second-order valence-corrected chi connectivity index (χ2v) is 8.10. The van der Waals surface area contributed by atoms with Crippen molar-refractivity contribution in [3.8, 4) is 0 Å². The first-order valence-electron chi connectivity index (χ1n) is 9.83. The number of methoxy groups -OCH3 is 4. The topological polar surface area (TPSA) is 125 Å².